The van der Waals surface area contributed by atoms with Crippen LogP contribution in [-0.2, 0) is 25.4 Å². The summed E-state index contributed by atoms with van der Waals surface area (Å²) in [5.74, 6) is 0.481. The van der Waals surface area contributed by atoms with Crippen molar-refractivity contribution in [3.63, 3.8) is 0 Å². The van der Waals surface area contributed by atoms with Gasteiger partial charge in [0.15, 0.2) is 0 Å². The molecule has 0 amide bonds. The Morgan fingerprint density at radius 2 is 1.46 bits per heavy atom. The molecule has 37 heavy (non-hydrogen) atoms. The van der Waals surface area contributed by atoms with Gasteiger partial charge in [-0.05, 0) is 81.6 Å². The van der Waals surface area contributed by atoms with Gasteiger partial charge >= 0.3 is 0 Å². The summed E-state index contributed by atoms with van der Waals surface area (Å²) < 4.78 is 23.8. The largest absolute Gasteiger partial charge is 0.380 e. The minimum Gasteiger partial charge on any atom is -0.380 e. The number of hydrogen-bond acceptors (Lipinski definition) is 4. The lowest BCUT2D eigenvalue weighted by Gasteiger charge is -2.45. The first kappa shape index (κ1) is 28.5. The zero-order chi connectivity index (χ0) is 26.7. The second-order valence-electron chi connectivity index (χ2n) is 13.4. The Balaban J connectivity index is 1.31. The second kappa shape index (κ2) is 11.3. The third kappa shape index (κ3) is 7.15. The predicted molar refractivity (Wildman–Crippen MR) is 152 cm³/mol. The van der Waals surface area contributed by atoms with Crippen LogP contribution >= 0.6 is 0 Å². The van der Waals surface area contributed by atoms with E-state index in [1.807, 2.05) is 0 Å². The lowest BCUT2D eigenvalue weighted by atomic mass is 9.74. The average molecular weight is 511 g/mol. The molecule has 0 radical (unpaired) electrons. The van der Waals surface area contributed by atoms with Crippen molar-refractivity contribution in [1.29, 1.82) is 0 Å². The zero-order valence-corrected chi connectivity index (χ0v) is 24.5. The Morgan fingerprint density at radius 1 is 0.838 bits per heavy atom. The molecular formula is C33H50O4. The van der Waals surface area contributed by atoms with Crippen molar-refractivity contribution < 1.29 is 18.9 Å². The van der Waals surface area contributed by atoms with E-state index in [4.69, 9.17) is 18.9 Å². The molecule has 0 aromatic heterocycles. The molecule has 1 unspecified atom stereocenters. The van der Waals surface area contributed by atoms with Crippen LogP contribution in [0.2, 0.25) is 0 Å². The standard InChI is InChI=1S/C33H50O4/c1-8-32(20-34-21-32)19-31(6,7)36-18-27-12-15-29(25(3)16-27)28-13-10-26(11-14-28)17-30(4,5)37-24-33(9-2)22-35-23-33/h10-15,25H,8-9,16-24H2,1-7H3. The molecule has 0 spiro atoms. The number of hydrogen-bond donors (Lipinski definition) is 0. The van der Waals surface area contributed by atoms with Crippen molar-refractivity contribution in [2.45, 2.75) is 91.8 Å². The van der Waals surface area contributed by atoms with Gasteiger partial charge in [0.1, 0.15) is 0 Å². The summed E-state index contributed by atoms with van der Waals surface area (Å²) in [6.07, 6.45) is 9.87. The highest BCUT2D eigenvalue weighted by atomic mass is 16.5. The molecule has 4 nitrogen and oxygen atoms in total. The Hall–Kier alpha value is -1.46. The number of allylic oxidation sites excluding steroid dienone is 3. The summed E-state index contributed by atoms with van der Waals surface area (Å²) in [5.41, 5.74) is 5.64. The van der Waals surface area contributed by atoms with Gasteiger partial charge in [-0.15, -0.1) is 0 Å². The van der Waals surface area contributed by atoms with Gasteiger partial charge in [-0.3, -0.25) is 0 Å². The van der Waals surface area contributed by atoms with E-state index < -0.39 is 0 Å². The molecule has 1 aromatic carbocycles. The maximum absolute atomic E-state index is 6.44. The number of rotatable bonds is 13. The maximum Gasteiger partial charge on any atom is 0.0687 e. The molecule has 3 aliphatic rings. The van der Waals surface area contributed by atoms with Gasteiger partial charge in [-0.25, -0.2) is 0 Å². The first-order chi connectivity index (χ1) is 17.5. The van der Waals surface area contributed by atoms with Crippen LogP contribution in [0.5, 0.6) is 0 Å². The lowest BCUT2D eigenvalue weighted by molar-refractivity contribution is -0.174. The van der Waals surface area contributed by atoms with Gasteiger partial charge in [0.25, 0.3) is 0 Å². The zero-order valence-electron chi connectivity index (χ0n) is 24.5. The monoisotopic (exact) mass is 510 g/mol. The fraction of sp³-hybridized carbons (Fsp3) is 0.697. The van der Waals surface area contributed by atoms with Crippen molar-refractivity contribution in [1.82, 2.24) is 0 Å². The Bertz CT molecular complexity index is 950. The van der Waals surface area contributed by atoms with E-state index in [2.05, 4.69) is 84.9 Å². The summed E-state index contributed by atoms with van der Waals surface area (Å²) in [5, 5.41) is 0. The van der Waals surface area contributed by atoms with Crippen LogP contribution in [0.4, 0.5) is 0 Å². The Morgan fingerprint density at radius 3 is 1.97 bits per heavy atom. The first-order valence-corrected chi connectivity index (χ1v) is 14.4. The van der Waals surface area contributed by atoms with E-state index >= 15 is 0 Å². The number of benzene rings is 1. The van der Waals surface area contributed by atoms with E-state index in [1.165, 1.54) is 22.3 Å². The molecule has 2 aliphatic heterocycles. The second-order valence-corrected chi connectivity index (χ2v) is 13.4. The van der Waals surface area contributed by atoms with E-state index in [9.17, 15) is 0 Å². The van der Waals surface area contributed by atoms with Crippen molar-refractivity contribution in [2.24, 2.45) is 16.7 Å². The summed E-state index contributed by atoms with van der Waals surface area (Å²) in [7, 11) is 0. The molecule has 2 fully saturated rings. The van der Waals surface area contributed by atoms with E-state index in [-0.39, 0.29) is 16.6 Å². The molecule has 2 saturated heterocycles. The van der Waals surface area contributed by atoms with Gasteiger partial charge < -0.3 is 18.9 Å². The first-order valence-electron chi connectivity index (χ1n) is 14.4. The molecule has 0 bridgehead atoms. The third-order valence-electron chi connectivity index (χ3n) is 8.87. The molecule has 1 aromatic rings. The lowest BCUT2D eigenvalue weighted by Crippen LogP contribution is -2.47. The van der Waals surface area contributed by atoms with Crippen molar-refractivity contribution >= 4 is 5.57 Å². The van der Waals surface area contributed by atoms with Gasteiger partial charge in [0.2, 0.25) is 0 Å². The Labute approximate surface area is 225 Å². The van der Waals surface area contributed by atoms with Crippen LogP contribution in [0.1, 0.15) is 85.3 Å². The van der Waals surface area contributed by atoms with Crippen molar-refractivity contribution in [2.75, 3.05) is 39.6 Å². The normalized spacial score (nSPS) is 23.1. The van der Waals surface area contributed by atoms with Gasteiger partial charge in [0, 0.05) is 17.3 Å². The highest BCUT2D eigenvalue weighted by molar-refractivity contribution is 5.70. The summed E-state index contributed by atoms with van der Waals surface area (Å²) >= 11 is 0. The molecule has 4 rings (SSSR count). The van der Waals surface area contributed by atoms with Crippen LogP contribution in [0.3, 0.4) is 0 Å². The molecule has 2 heterocycles. The van der Waals surface area contributed by atoms with Gasteiger partial charge in [-0.2, -0.15) is 0 Å². The van der Waals surface area contributed by atoms with Crippen LogP contribution in [-0.4, -0.2) is 50.8 Å². The minimum atomic E-state index is -0.190. The van der Waals surface area contributed by atoms with Crippen LogP contribution < -0.4 is 0 Å². The predicted octanol–water partition coefficient (Wildman–Crippen LogP) is 7.41. The quantitative estimate of drug-likeness (QED) is 0.277. The fourth-order valence-corrected chi connectivity index (χ4v) is 5.98. The average Bonchev–Trinajstić information content (AvgIpc) is 2.80. The van der Waals surface area contributed by atoms with Crippen molar-refractivity contribution in [3.05, 3.63) is 53.1 Å². The summed E-state index contributed by atoms with van der Waals surface area (Å²) in [4.78, 5) is 0. The highest BCUT2D eigenvalue weighted by Gasteiger charge is 2.42. The minimum absolute atomic E-state index is 0.135. The van der Waals surface area contributed by atoms with E-state index in [0.717, 1.165) is 65.1 Å². The van der Waals surface area contributed by atoms with Crippen LogP contribution in [0.25, 0.3) is 5.57 Å². The molecule has 0 saturated carbocycles. The van der Waals surface area contributed by atoms with Crippen LogP contribution in [0.15, 0.2) is 42.0 Å². The molecular weight excluding hydrogens is 460 g/mol. The van der Waals surface area contributed by atoms with Gasteiger partial charge in [0.05, 0.1) is 50.8 Å². The van der Waals surface area contributed by atoms with Crippen molar-refractivity contribution in [3.8, 4) is 0 Å². The van der Waals surface area contributed by atoms with Crippen LogP contribution in [0, 0.1) is 16.7 Å². The molecule has 0 N–H and O–H groups in total. The van der Waals surface area contributed by atoms with E-state index in [1.54, 1.807) is 0 Å². The molecule has 1 aliphatic carbocycles. The number of ether oxygens (including phenoxy) is 4. The smallest absolute Gasteiger partial charge is 0.0687 e. The maximum atomic E-state index is 6.44. The topological polar surface area (TPSA) is 36.9 Å². The molecule has 4 heteroatoms. The highest BCUT2D eigenvalue weighted by Crippen LogP contribution is 2.41. The molecule has 1 atom stereocenters. The van der Waals surface area contributed by atoms with Gasteiger partial charge in [-0.1, -0.05) is 57.2 Å². The third-order valence-corrected chi connectivity index (χ3v) is 8.87. The SMILES string of the molecule is CCC1(COC(C)(C)Cc2ccc(C3=CC=C(COC(C)(C)CC4(CC)COC4)CC3C)cc2)COC1. The summed E-state index contributed by atoms with van der Waals surface area (Å²) in [6, 6.07) is 9.11. The van der Waals surface area contributed by atoms with E-state index in [0.29, 0.717) is 17.9 Å². The fourth-order valence-electron chi connectivity index (χ4n) is 5.98. The summed E-state index contributed by atoms with van der Waals surface area (Å²) in [6.45, 7) is 20.6. The Kier molecular flexibility index (Phi) is 8.75. The molecule has 206 valence electrons.